The summed E-state index contributed by atoms with van der Waals surface area (Å²) in [6, 6.07) is 5.02. The van der Waals surface area contributed by atoms with E-state index in [0.29, 0.717) is 0 Å². The molecule has 0 spiro atoms. The predicted octanol–water partition coefficient (Wildman–Crippen LogP) is -0.227. The third kappa shape index (κ3) is 3.34. The fourth-order valence-electron chi connectivity index (χ4n) is 2.65. The molecule has 11 nitrogen and oxygen atoms in total. The van der Waals surface area contributed by atoms with E-state index in [0.717, 1.165) is 6.07 Å². The number of esters is 2. The second-order valence-electron chi connectivity index (χ2n) is 5.11. The molecular weight excluding hydrogens is 350 g/mol. The van der Waals surface area contributed by atoms with Crippen LogP contribution in [0.4, 0.5) is 5.69 Å². The van der Waals surface area contributed by atoms with Crippen molar-refractivity contribution in [2.24, 2.45) is 0 Å². The Morgan fingerprint density at radius 1 is 0.962 bits per heavy atom. The lowest BCUT2D eigenvalue weighted by Gasteiger charge is -2.22. The largest absolute Gasteiger partial charge is 0.873 e. The van der Waals surface area contributed by atoms with Crippen LogP contribution in [-0.4, -0.2) is 30.1 Å². The molecule has 3 rings (SSSR count). The number of non-ortho nitro benzene ring substituents is 1. The number of cyclic esters (lactones) is 2. The third-order valence-electron chi connectivity index (χ3n) is 3.70. The molecule has 0 amide bonds. The number of hydrogen-bond donors (Lipinski definition) is 2. The van der Waals surface area contributed by atoms with Crippen LogP contribution in [0.25, 0.3) is 0 Å². The van der Waals surface area contributed by atoms with Crippen LogP contribution in [0, 0.1) is 10.1 Å². The molecule has 0 saturated carbocycles. The van der Waals surface area contributed by atoms with Gasteiger partial charge in [0, 0.05) is 29.2 Å². The molecule has 140 valence electrons. The number of hydrogen-bond acceptors (Lipinski definition) is 8. The van der Waals surface area contributed by atoms with Crippen LogP contribution in [-0.2, 0) is 19.1 Å². The summed E-state index contributed by atoms with van der Waals surface area (Å²) in [7, 11) is 0. The first-order chi connectivity index (χ1) is 11.4. The number of benzene rings is 1. The first-order valence-electron chi connectivity index (χ1n) is 6.79. The maximum atomic E-state index is 12.0. The van der Waals surface area contributed by atoms with Crippen molar-refractivity contribution in [2.45, 2.75) is 5.92 Å². The normalized spacial score (nSPS) is 16.2. The number of nitrogens with zero attached hydrogens (tertiary/aromatic N) is 1. The Bertz CT molecular complexity index is 790. The molecule has 1 aromatic rings. The number of nitro benzene ring substituents is 1. The molecule has 0 saturated heterocycles. The summed E-state index contributed by atoms with van der Waals surface area (Å²) < 4.78 is 9.30. The first-order valence-corrected chi connectivity index (χ1v) is 6.79. The zero-order valence-corrected chi connectivity index (χ0v) is 14.0. The summed E-state index contributed by atoms with van der Waals surface area (Å²) in [4.78, 5) is 34.1. The number of rotatable bonds is 4. The van der Waals surface area contributed by atoms with Gasteiger partial charge in [-0.3, -0.25) is 10.1 Å². The molecule has 0 aromatic heterocycles. The van der Waals surface area contributed by atoms with Gasteiger partial charge >= 0.3 is 11.9 Å². The minimum Gasteiger partial charge on any atom is -0.873 e. The molecule has 2 aliphatic rings. The summed E-state index contributed by atoms with van der Waals surface area (Å²) in [6.45, 7) is -1.01. The summed E-state index contributed by atoms with van der Waals surface area (Å²) in [5, 5.41) is 34.9. The van der Waals surface area contributed by atoms with Crippen molar-refractivity contribution in [2.75, 3.05) is 13.2 Å². The summed E-state index contributed by atoms with van der Waals surface area (Å²) >= 11 is 0. The molecule has 2 aliphatic heterocycles. The van der Waals surface area contributed by atoms with E-state index >= 15 is 0 Å². The average Bonchev–Trinajstić information content (AvgIpc) is 3.05. The summed E-state index contributed by atoms with van der Waals surface area (Å²) in [5.74, 6) is -4.64. The van der Waals surface area contributed by atoms with E-state index in [9.17, 15) is 29.9 Å². The molecule has 11 heteroatoms. The fourth-order valence-corrected chi connectivity index (χ4v) is 2.65. The maximum Gasteiger partial charge on any atom is 0.334 e. The van der Waals surface area contributed by atoms with Crippen molar-refractivity contribution in [1.29, 1.82) is 0 Å². The lowest BCUT2D eigenvalue weighted by Crippen LogP contribution is -2.21. The van der Waals surface area contributed by atoms with Gasteiger partial charge in [0.05, 0.1) is 4.92 Å². The van der Waals surface area contributed by atoms with E-state index in [1.807, 2.05) is 0 Å². The number of ether oxygens (including phenoxy) is 2. The van der Waals surface area contributed by atoms with Crippen molar-refractivity contribution in [3.8, 4) is 0 Å². The van der Waals surface area contributed by atoms with Crippen LogP contribution < -0.4 is 22.5 Å². The van der Waals surface area contributed by atoms with Crippen molar-refractivity contribution in [3.63, 3.8) is 0 Å². The maximum absolute atomic E-state index is 12.0. The minimum absolute atomic E-state index is 0. The highest BCUT2D eigenvalue weighted by Gasteiger charge is 2.37. The van der Waals surface area contributed by atoms with Crippen LogP contribution in [0.1, 0.15) is 11.5 Å². The molecule has 0 fully saturated rings. The molecule has 26 heavy (non-hydrogen) atoms. The third-order valence-corrected chi connectivity index (χ3v) is 3.70. The highest BCUT2D eigenvalue weighted by Crippen LogP contribution is 2.39. The Hall–Kier alpha value is -3.44. The van der Waals surface area contributed by atoms with E-state index in [-0.39, 0.29) is 23.6 Å². The van der Waals surface area contributed by atoms with E-state index in [4.69, 9.17) is 0 Å². The molecule has 0 unspecified atom stereocenters. The first kappa shape index (κ1) is 20.6. The van der Waals surface area contributed by atoms with Crippen LogP contribution in [0.15, 0.2) is 46.9 Å². The van der Waals surface area contributed by atoms with Crippen LogP contribution in [0.3, 0.4) is 0 Å². The lowest BCUT2D eigenvalue weighted by molar-refractivity contribution is -0.384. The Kier molecular flexibility index (Phi) is 6.05. The Labute approximate surface area is 146 Å². The molecule has 0 radical (unpaired) electrons. The molecule has 2 heterocycles. The zero-order chi connectivity index (χ0) is 17.4. The average molecular weight is 367 g/mol. The highest BCUT2D eigenvalue weighted by atomic mass is 16.6. The standard InChI is InChI=1S/C15H11NO8.2H3N/c17-9-5-23-14(19)12(9)11(13-10(18)6-24-15(13)20)7-2-1-3-8(4-7)16(21)22;;/h1-4,11,17-18H,5-6H2;2*1H3. The van der Waals surface area contributed by atoms with Crippen LogP contribution in [0.5, 0.6) is 0 Å². The molecular formula is C15H17N3O8. The molecule has 1 aromatic carbocycles. The summed E-state index contributed by atoms with van der Waals surface area (Å²) in [6.07, 6.45) is 0. The zero-order valence-electron chi connectivity index (χ0n) is 14.0. The number of carbonyl (C=O) groups is 2. The molecule has 0 atom stereocenters. The molecule has 0 bridgehead atoms. The van der Waals surface area contributed by atoms with Gasteiger partial charge < -0.3 is 32.0 Å². The van der Waals surface area contributed by atoms with Gasteiger partial charge in [-0.2, -0.15) is 0 Å². The number of carbonyl (C=O) groups excluding carboxylic acids is 2. The Morgan fingerprint density at radius 2 is 1.46 bits per heavy atom. The van der Waals surface area contributed by atoms with E-state index in [2.05, 4.69) is 9.47 Å². The van der Waals surface area contributed by atoms with Gasteiger partial charge in [-0.15, -0.1) is 0 Å². The van der Waals surface area contributed by atoms with E-state index < -0.39 is 58.7 Å². The SMILES string of the molecule is O=C1OCC([O-])=C1C(C1=C([O-])COC1=O)c1cccc([N+](=O)[O-])c1.[NH4+].[NH4+]. The monoisotopic (exact) mass is 367 g/mol. The second-order valence-corrected chi connectivity index (χ2v) is 5.11. The van der Waals surface area contributed by atoms with Gasteiger partial charge in [-0.25, -0.2) is 9.59 Å². The van der Waals surface area contributed by atoms with Gasteiger partial charge in [-0.05, 0) is 5.56 Å². The number of nitro groups is 1. The van der Waals surface area contributed by atoms with E-state index in [1.165, 1.54) is 18.2 Å². The van der Waals surface area contributed by atoms with E-state index in [1.54, 1.807) is 0 Å². The topological polar surface area (TPSA) is 215 Å². The van der Waals surface area contributed by atoms with Gasteiger partial charge in [0.25, 0.3) is 5.69 Å². The smallest absolute Gasteiger partial charge is 0.334 e. The predicted molar refractivity (Wildman–Crippen MR) is 83.8 cm³/mol. The van der Waals surface area contributed by atoms with Gasteiger partial charge in [-0.1, -0.05) is 23.7 Å². The lowest BCUT2D eigenvalue weighted by atomic mass is 9.83. The van der Waals surface area contributed by atoms with Crippen LogP contribution in [0.2, 0.25) is 0 Å². The Balaban J connectivity index is 0.00000169. The van der Waals surface area contributed by atoms with Crippen LogP contribution >= 0.6 is 0 Å². The van der Waals surface area contributed by atoms with Crippen molar-refractivity contribution >= 4 is 17.6 Å². The van der Waals surface area contributed by atoms with Crippen molar-refractivity contribution < 1.29 is 34.2 Å². The second kappa shape index (κ2) is 7.63. The van der Waals surface area contributed by atoms with Gasteiger partial charge in [0.15, 0.2) is 0 Å². The highest BCUT2D eigenvalue weighted by molar-refractivity contribution is 6.00. The Morgan fingerprint density at radius 3 is 1.85 bits per heavy atom. The minimum atomic E-state index is -1.35. The fraction of sp³-hybridized carbons (Fsp3) is 0.200. The van der Waals surface area contributed by atoms with Gasteiger partial charge in [0.2, 0.25) is 0 Å². The van der Waals surface area contributed by atoms with Crippen molar-refractivity contribution in [1.82, 2.24) is 12.3 Å². The van der Waals surface area contributed by atoms with Gasteiger partial charge in [0.1, 0.15) is 13.2 Å². The molecule has 0 aliphatic carbocycles. The number of quaternary nitrogens is 2. The molecule has 8 N–H and O–H groups in total. The van der Waals surface area contributed by atoms with Crippen molar-refractivity contribution in [3.05, 3.63) is 62.6 Å². The quantitative estimate of drug-likeness (QED) is 0.410. The summed E-state index contributed by atoms with van der Waals surface area (Å²) in [5.41, 5.74) is -1.03.